The van der Waals surface area contributed by atoms with Gasteiger partial charge in [0.15, 0.2) is 0 Å². The van der Waals surface area contributed by atoms with Gasteiger partial charge in [-0.1, -0.05) is 48.5 Å². The van der Waals surface area contributed by atoms with Crippen molar-refractivity contribution in [3.63, 3.8) is 0 Å². The van der Waals surface area contributed by atoms with Crippen LogP contribution in [0.15, 0.2) is 66.7 Å². The maximum atomic E-state index is 2.43. The van der Waals surface area contributed by atoms with E-state index in [-0.39, 0.29) is 0 Å². The normalized spacial score (nSPS) is 11.4. The fourth-order valence-corrected chi connectivity index (χ4v) is 3.57. The van der Waals surface area contributed by atoms with Crippen molar-refractivity contribution >= 4 is 54.9 Å². The highest BCUT2D eigenvalue weighted by Gasteiger charge is 2.05. The molecule has 0 spiro atoms. The molecule has 4 rings (SSSR count). The molecule has 90 valence electrons. The highest BCUT2D eigenvalue weighted by molar-refractivity contribution is 14.1. The minimum Gasteiger partial charge on any atom is -0.0616 e. The Bertz CT molecular complexity index is 922. The summed E-state index contributed by atoms with van der Waals surface area (Å²) in [4.78, 5) is 0. The van der Waals surface area contributed by atoms with Gasteiger partial charge in [0, 0.05) is 8.96 Å². The predicted octanol–water partition coefficient (Wildman–Crippen LogP) is 5.75. The molecule has 0 bridgehead atoms. The van der Waals surface area contributed by atoms with E-state index >= 15 is 0 Å². The molecule has 4 aromatic carbocycles. The van der Waals surface area contributed by atoms with Gasteiger partial charge in [0.05, 0.1) is 0 Å². The number of fused-ring (bicyclic) bond motifs is 4. The Morgan fingerprint density at radius 3 is 2.11 bits per heavy atom. The maximum Gasteiger partial charge on any atom is 0.0215 e. The van der Waals surface area contributed by atoms with Crippen molar-refractivity contribution in [2.45, 2.75) is 0 Å². The third-order valence-corrected chi connectivity index (χ3v) is 4.57. The molecule has 0 fully saturated rings. The Morgan fingerprint density at radius 2 is 1.26 bits per heavy atom. The van der Waals surface area contributed by atoms with Gasteiger partial charge in [-0.05, 0) is 67.7 Å². The van der Waals surface area contributed by atoms with Crippen LogP contribution in [0.25, 0.3) is 32.3 Å². The van der Waals surface area contributed by atoms with Crippen LogP contribution in [0, 0.1) is 3.57 Å². The summed E-state index contributed by atoms with van der Waals surface area (Å²) in [7, 11) is 0. The van der Waals surface area contributed by atoms with Crippen LogP contribution in [0.2, 0.25) is 0 Å². The summed E-state index contributed by atoms with van der Waals surface area (Å²) in [5.74, 6) is 0. The molecule has 0 saturated heterocycles. The third-order valence-electron chi connectivity index (χ3n) is 3.68. The van der Waals surface area contributed by atoms with Crippen molar-refractivity contribution in [2.75, 3.05) is 0 Å². The van der Waals surface area contributed by atoms with Gasteiger partial charge in [0.25, 0.3) is 0 Å². The van der Waals surface area contributed by atoms with E-state index in [0.29, 0.717) is 0 Å². The summed E-state index contributed by atoms with van der Waals surface area (Å²) in [6.45, 7) is 0. The van der Waals surface area contributed by atoms with Crippen molar-refractivity contribution in [2.24, 2.45) is 0 Å². The second-order valence-electron chi connectivity index (χ2n) is 4.82. The fraction of sp³-hybridized carbons (Fsp3) is 0. The number of halogens is 1. The third kappa shape index (κ3) is 1.72. The summed E-state index contributed by atoms with van der Waals surface area (Å²) in [6.07, 6.45) is 0. The van der Waals surface area contributed by atoms with Gasteiger partial charge in [0.1, 0.15) is 0 Å². The second kappa shape index (κ2) is 4.20. The van der Waals surface area contributed by atoms with E-state index in [1.54, 1.807) is 0 Å². The fourth-order valence-electron chi connectivity index (χ4n) is 2.76. The van der Waals surface area contributed by atoms with Crippen LogP contribution in [-0.4, -0.2) is 0 Å². The van der Waals surface area contributed by atoms with Crippen molar-refractivity contribution in [1.29, 1.82) is 0 Å². The molecule has 0 N–H and O–H groups in total. The monoisotopic (exact) mass is 354 g/mol. The zero-order valence-electron chi connectivity index (χ0n) is 10.2. The van der Waals surface area contributed by atoms with E-state index in [1.807, 2.05) is 0 Å². The molecule has 4 aromatic rings. The average molecular weight is 354 g/mol. The van der Waals surface area contributed by atoms with Crippen LogP contribution in [0.3, 0.4) is 0 Å². The predicted molar refractivity (Wildman–Crippen MR) is 91.7 cm³/mol. The summed E-state index contributed by atoms with van der Waals surface area (Å²) in [5, 5.41) is 7.96. The van der Waals surface area contributed by atoms with E-state index in [0.717, 1.165) is 0 Å². The summed E-state index contributed by atoms with van der Waals surface area (Å²) in [5.41, 5.74) is 0. The zero-order valence-corrected chi connectivity index (χ0v) is 12.4. The Kier molecular flexibility index (Phi) is 2.49. The van der Waals surface area contributed by atoms with Crippen LogP contribution in [0.5, 0.6) is 0 Å². The lowest BCUT2D eigenvalue weighted by atomic mass is 9.98. The zero-order chi connectivity index (χ0) is 12.8. The van der Waals surface area contributed by atoms with E-state index in [9.17, 15) is 0 Å². The van der Waals surface area contributed by atoms with E-state index in [4.69, 9.17) is 0 Å². The SMILES string of the molecule is Ic1cccc2ccc3cc4ccccc4cc3c12. The Labute approximate surface area is 125 Å². The van der Waals surface area contributed by atoms with Crippen molar-refractivity contribution in [3.8, 4) is 0 Å². The molecule has 0 atom stereocenters. The molecule has 0 aliphatic rings. The average Bonchev–Trinajstić information content (AvgIpc) is 2.45. The van der Waals surface area contributed by atoms with Crippen molar-refractivity contribution in [1.82, 2.24) is 0 Å². The second-order valence-corrected chi connectivity index (χ2v) is 5.99. The van der Waals surface area contributed by atoms with Gasteiger partial charge < -0.3 is 0 Å². The lowest BCUT2D eigenvalue weighted by Crippen LogP contribution is -1.82. The number of rotatable bonds is 0. The Hall–Kier alpha value is -1.61. The molecule has 0 radical (unpaired) electrons. The first-order chi connectivity index (χ1) is 9.33. The van der Waals surface area contributed by atoms with Crippen LogP contribution in [-0.2, 0) is 0 Å². The molecule has 0 aliphatic heterocycles. The minimum atomic E-state index is 1.31. The van der Waals surface area contributed by atoms with Crippen LogP contribution in [0.4, 0.5) is 0 Å². The van der Waals surface area contributed by atoms with Gasteiger partial charge >= 0.3 is 0 Å². The molecule has 0 aliphatic carbocycles. The van der Waals surface area contributed by atoms with Crippen LogP contribution >= 0.6 is 22.6 Å². The van der Waals surface area contributed by atoms with Gasteiger partial charge in [-0.25, -0.2) is 0 Å². The van der Waals surface area contributed by atoms with Crippen LogP contribution in [0.1, 0.15) is 0 Å². The lowest BCUT2D eigenvalue weighted by molar-refractivity contribution is 1.74. The van der Waals surface area contributed by atoms with Crippen LogP contribution < -0.4 is 0 Å². The molecule has 0 amide bonds. The Morgan fingerprint density at radius 1 is 0.579 bits per heavy atom. The molecule has 0 heterocycles. The van der Waals surface area contributed by atoms with Gasteiger partial charge in [-0.15, -0.1) is 0 Å². The Balaban J connectivity index is 2.29. The van der Waals surface area contributed by atoms with Gasteiger partial charge in [0.2, 0.25) is 0 Å². The largest absolute Gasteiger partial charge is 0.0616 e. The van der Waals surface area contributed by atoms with E-state index in [2.05, 4.69) is 89.3 Å². The van der Waals surface area contributed by atoms with Crippen molar-refractivity contribution in [3.05, 3.63) is 70.3 Å². The standard InChI is InChI=1S/C18H11I/c19-17-7-3-6-12-8-9-15-10-13-4-1-2-5-14(13)11-16(15)18(12)17/h1-11H. The van der Waals surface area contributed by atoms with Gasteiger partial charge in [-0.2, -0.15) is 0 Å². The summed E-state index contributed by atoms with van der Waals surface area (Å²) < 4.78 is 1.32. The molecule has 0 saturated carbocycles. The highest BCUT2D eigenvalue weighted by Crippen LogP contribution is 2.32. The molecule has 0 unspecified atom stereocenters. The summed E-state index contributed by atoms with van der Waals surface area (Å²) >= 11 is 2.43. The van der Waals surface area contributed by atoms with Crippen molar-refractivity contribution < 1.29 is 0 Å². The molecular formula is C18H11I. The number of hydrogen-bond donors (Lipinski definition) is 0. The van der Waals surface area contributed by atoms with Gasteiger partial charge in [-0.3, -0.25) is 0 Å². The number of benzene rings is 4. The molecule has 1 heteroatoms. The smallest absolute Gasteiger partial charge is 0.0215 e. The first kappa shape index (κ1) is 11.2. The lowest BCUT2D eigenvalue weighted by Gasteiger charge is -2.08. The first-order valence-corrected chi connectivity index (χ1v) is 7.40. The molecule has 0 aromatic heterocycles. The minimum absolute atomic E-state index is 1.31. The topological polar surface area (TPSA) is 0 Å². The number of hydrogen-bond acceptors (Lipinski definition) is 0. The highest BCUT2D eigenvalue weighted by atomic mass is 127. The quantitative estimate of drug-likeness (QED) is 0.214. The molecule has 0 nitrogen and oxygen atoms in total. The van der Waals surface area contributed by atoms with E-state index < -0.39 is 0 Å². The van der Waals surface area contributed by atoms with E-state index in [1.165, 1.54) is 35.9 Å². The first-order valence-electron chi connectivity index (χ1n) is 6.33. The maximum absolute atomic E-state index is 2.43. The summed E-state index contributed by atoms with van der Waals surface area (Å²) in [6, 6.07) is 24.1. The molecule has 19 heavy (non-hydrogen) atoms. The molecular weight excluding hydrogens is 343 g/mol.